The van der Waals surface area contributed by atoms with Crippen molar-refractivity contribution in [2.75, 3.05) is 41.8 Å². The Morgan fingerprint density at radius 3 is 2.34 bits per heavy atom. The Kier molecular flexibility index (Phi) is 5.62. The van der Waals surface area contributed by atoms with Crippen LogP contribution in [0.15, 0.2) is 60.7 Å². The van der Waals surface area contributed by atoms with Gasteiger partial charge in [-0.2, -0.15) is 0 Å². The van der Waals surface area contributed by atoms with E-state index >= 15 is 0 Å². The molecule has 2 amide bonds. The number of morpholine rings is 1. The van der Waals surface area contributed by atoms with E-state index in [1.165, 1.54) is 18.2 Å². The van der Waals surface area contributed by atoms with Crippen molar-refractivity contribution < 1.29 is 13.9 Å². The molecule has 2 N–H and O–H groups in total. The highest BCUT2D eigenvalue weighted by Crippen LogP contribution is 2.22. The van der Waals surface area contributed by atoms with E-state index < -0.39 is 11.8 Å². The zero-order chi connectivity index (χ0) is 20.1. The molecular weight excluding hydrogens is 373 g/mol. The quantitative estimate of drug-likeness (QED) is 0.706. The van der Waals surface area contributed by atoms with Crippen LogP contribution in [-0.4, -0.2) is 42.5 Å². The maximum absolute atomic E-state index is 13.2. The summed E-state index contributed by atoms with van der Waals surface area (Å²) >= 11 is 0. The summed E-state index contributed by atoms with van der Waals surface area (Å²) in [5.41, 5.74) is 2.50. The van der Waals surface area contributed by atoms with Crippen LogP contribution in [-0.2, 0) is 4.74 Å². The number of nitrogens with one attached hydrogen (secondary N) is 2. The highest BCUT2D eigenvalue weighted by Gasteiger charge is 2.13. The van der Waals surface area contributed by atoms with Gasteiger partial charge < -0.3 is 20.3 Å². The van der Waals surface area contributed by atoms with Crippen LogP contribution in [0.4, 0.5) is 26.4 Å². The SMILES string of the molecule is O=C(Nc1cccc(F)c1)Nc1cccc(-c2ccc(N3CCOCC3)nn2)c1. The van der Waals surface area contributed by atoms with Gasteiger partial charge in [0.2, 0.25) is 0 Å². The summed E-state index contributed by atoms with van der Waals surface area (Å²) in [5, 5.41) is 14.0. The first-order chi connectivity index (χ1) is 14.2. The number of carbonyl (C=O) groups excluding carboxylic acids is 1. The Morgan fingerprint density at radius 2 is 1.66 bits per heavy atom. The van der Waals surface area contributed by atoms with E-state index in [1.807, 2.05) is 30.3 Å². The standard InChI is InChI=1S/C21H20FN5O2/c22-16-4-2-6-18(14-16)24-21(28)23-17-5-1-3-15(13-17)19-7-8-20(26-25-19)27-9-11-29-12-10-27/h1-8,13-14H,9-12H2,(H2,23,24,28). The second kappa shape index (κ2) is 8.66. The van der Waals surface area contributed by atoms with E-state index in [-0.39, 0.29) is 0 Å². The summed E-state index contributed by atoms with van der Waals surface area (Å²) in [7, 11) is 0. The second-order valence-electron chi connectivity index (χ2n) is 6.55. The van der Waals surface area contributed by atoms with Crippen LogP contribution >= 0.6 is 0 Å². The lowest BCUT2D eigenvalue weighted by Crippen LogP contribution is -2.36. The molecule has 0 aliphatic carbocycles. The third kappa shape index (κ3) is 4.85. The fraction of sp³-hybridized carbons (Fsp3) is 0.190. The molecule has 2 aromatic carbocycles. The average Bonchev–Trinajstić information content (AvgIpc) is 2.75. The average molecular weight is 393 g/mol. The number of rotatable bonds is 4. The van der Waals surface area contributed by atoms with Gasteiger partial charge >= 0.3 is 6.03 Å². The molecule has 1 aliphatic rings. The van der Waals surface area contributed by atoms with Gasteiger partial charge in [-0.05, 0) is 42.5 Å². The van der Waals surface area contributed by atoms with Crippen molar-refractivity contribution in [1.29, 1.82) is 0 Å². The zero-order valence-electron chi connectivity index (χ0n) is 15.6. The van der Waals surface area contributed by atoms with Gasteiger partial charge in [-0.3, -0.25) is 0 Å². The molecule has 8 heteroatoms. The fourth-order valence-electron chi connectivity index (χ4n) is 3.06. The van der Waals surface area contributed by atoms with E-state index in [9.17, 15) is 9.18 Å². The van der Waals surface area contributed by atoms with Crippen LogP contribution in [0.2, 0.25) is 0 Å². The van der Waals surface area contributed by atoms with Crippen LogP contribution in [0.1, 0.15) is 0 Å². The van der Waals surface area contributed by atoms with Gasteiger partial charge in [0.1, 0.15) is 5.82 Å². The van der Waals surface area contributed by atoms with Crippen molar-refractivity contribution in [2.24, 2.45) is 0 Å². The predicted molar refractivity (Wildman–Crippen MR) is 110 cm³/mol. The van der Waals surface area contributed by atoms with Gasteiger partial charge in [-0.25, -0.2) is 9.18 Å². The molecule has 0 bridgehead atoms. The number of amides is 2. The van der Waals surface area contributed by atoms with Crippen molar-refractivity contribution in [3.05, 3.63) is 66.5 Å². The fourth-order valence-corrected chi connectivity index (χ4v) is 3.06. The predicted octanol–water partition coefficient (Wildman–Crippen LogP) is 3.76. The lowest BCUT2D eigenvalue weighted by Gasteiger charge is -2.27. The maximum Gasteiger partial charge on any atom is 0.323 e. The Hall–Kier alpha value is -3.52. The number of hydrogen-bond acceptors (Lipinski definition) is 5. The van der Waals surface area contributed by atoms with Gasteiger partial charge in [0.05, 0.1) is 18.9 Å². The number of nitrogens with zero attached hydrogens (tertiary/aromatic N) is 3. The van der Waals surface area contributed by atoms with E-state index in [1.54, 1.807) is 12.1 Å². The number of carbonyl (C=O) groups is 1. The summed E-state index contributed by atoms with van der Waals surface area (Å²) in [6.45, 7) is 2.98. The molecule has 1 aliphatic heterocycles. The molecule has 0 saturated carbocycles. The first-order valence-electron chi connectivity index (χ1n) is 9.28. The van der Waals surface area contributed by atoms with Gasteiger partial charge in [0.15, 0.2) is 5.82 Å². The van der Waals surface area contributed by atoms with Crippen molar-refractivity contribution in [1.82, 2.24) is 10.2 Å². The lowest BCUT2D eigenvalue weighted by atomic mass is 10.1. The molecule has 7 nitrogen and oxygen atoms in total. The number of aromatic nitrogens is 2. The lowest BCUT2D eigenvalue weighted by molar-refractivity contribution is 0.122. The molecule has 148 valence electrons. The Bertz CT molecular complexity index is 990. The molecule has 1 aromatic heterocycles. The Labute approximate surface area is 167 Å². The number of benzene rings is 2. The van der Waals surface area contributed by atoms with Gasteiger partial charge in [-0.15, -0.1) is 10.2 Å². The molecule has 3 aromatic rings. The third-order valence-electron chi connectivity index (χ3n) is 4.48. The normalized spacial score (nSPS) is 13.8. The minimum absolute atomic E-state index is 0.378. The van der Waals surface area contributed by atoms with E-state index in [4.69, 9.17) is 4.74 Å². The zero-order valence-corrected chi connectivity index (χ0v) is 15.6. The van der Waals surface area contributed by atoms with Crippen LogP contribution in [0.25, 0.3) is 11.3 Å². The number of anilines is 3. The molecule has 1 fully saturated rings. The first kappa shape index (κ1) is 18.8. The molecule has 0 spiro atoms. The molecule has 29 heavy (non-hydrogen) atoms. The number of hydrogen-bond donors (Lipinski definition) is 2. The van der Waals surface area contributed by atoms with Crippen molar-refractivity contribution in [3.63, 3.8) is 0 Å². The highest BCUT2D eigenvalue weighted by atomic mass is 19.1. The first-order valence-corrected chi connectivity index (χ1v) is 9.28. The van der Waals surface area contributed by atoms with Crippen LogP contribution < -0.4 is 15.5 Å². The summed E-state index contributed by atoms with van der Waals surface area (Å²) in [6, 6.07) is 16.4. The van der Waals surface area contributed by atoms with Crippen molar-refractivity contribution in [2.45, 2.75) is 0 Å². The molecule has 4 rings (SSSR count). The molecule has 0 radical (unpaired) electrons. The monoisotopic (exact) mass is 393 g/mol. The van der Waals surface area contributed by atoms with Gasteiger partial charge in [0.25, 0.3) is 0 Å². The van der Waals surface area contributed by atoms with Crippen molar-refractivity contribution in [3.8, 4) is 11.3 Å². The molecule has 1 saturated heterocycles. The minimum Gasteiger partial charge on any atom is -0.378 e. The Morgan fingerprint density at radius 1 is 0.931 bits per heavy atom. The Balaban J connectivity index is 1.43. The summed E-state index contributed by atoms with van der Waals surface area (Å²) in [4.78, 5) is 14.3. The maximum atomic E-state index is 13.2. The minimum atomic E-state index is -0.457. The van der Waals surface area contributed by atoms with E-state index in [0.29, 0.717) is 30.3 Å². The van der Waals surface area contributed by atoms with E-state index in [0.717, 1.165) is 24.5 Å². The van der Waals surface area contributed by atoms with Crippen molar-refractivity contribution >= 4 is 23.2 Å². The topological polar surface area (TPSA) is 79.4 Å². The third-order valence-corrected chi connectivity index (χ3v) is 4.48. The molecular formula is C21H20FN5O2. The summed E-state index contributed by atoms with van der Waals surface area (Å²) < 4.78 is 18.6. The van der Waals surface area contributed by atoms with Gasteiger partial charge in [-0.1, -0.05) is 18.2 Å². The van der Waals surface area contributed by atoms with Crippen LogP contribution in [0, 0.1) is 5.82 Å². The largest absolute Gasteiger partial charge is 0.378 e. The summed E-state index contributed by atoms with van der Waals surface area (Å²) in [5.74, 6) is 0.407. The second-order valence-corrected chi connectivity index (χ2v) is 6.55. The molecule has 0 atom stereocenters. The van der Waals surface area contributed by atoms with E-state index in [2.05, 4.69) is 25.7 Å². The van der Waals surface area contributed by atoms with Gasteiger partial charge in [0, 0.05) is 30.0 Å². The molecule has 0 unspecified atom stereocenters. The smallest absolute Gasteiger partial charge is 0.323 e. The van der Waals surface area contributed by atoms with Crippen LogP contribution in [0.5, 0.6) is 0 Å². The number of urea groups is 1. The highest BCUT2D eigenvalue weighted by molar-refractivity contribution is 6.00. The number of ether oxygens (including phenoxy) is 1. The molecule has 2 heterocycles. The summed E-state index contributed by atoms with van der Waals surface area (Å²) in [6.07, 6.45) is 0. The van der Waals surface area contributed by atoms with Crippen LogP contribution in [0.3, 0.4) is 0 Å². The number of halogens is 1.